The molecule has 2 aromatic carbocycles. The quantitative estimate of drug-likeness (QED) is 0.161. The lowest BCUT2D eigenvalue weighted by Crippen LogP contribution is -2.57. The molecule has 0 aliphatic rings. The van der Waals surface area contributed by atoms with Crippen LogP contribution in [0.4, 0.5) is 4.79 Å². The number of hydrogen-bond acceptors (Lipinski definition) is 7. The zero-order valence-corrected chi connectivity index (χ0v) is 27.4. The predicted molar refractivity (Wildman–Crippen MR) is 178 cm³/mol. The largest absolute Gasteiger partial charge is 0.465 e. The van der Waals surface area contributed by atoms with Crippen LogP contribution in [-0.4, -0.2) is 74.4 Å². The molecule has 0 saturated carbocycles. The number of nitrogens with zero attached hydrogens (tertiary/aromatic N) is 3. The number of carbonyl (C=O) groups excluding carboxylic acids is 2. The van der Waals surface area contributed by atoms with Gasteiger partial charge in [-0.05, 0) is 54.9 Å². The highest BCUT2D eigenvalue weighted by atomic mass is 16.5. The zero-order chi connectivity index (χ0) is 34.1. The summed E-state index contributed by atoms with van der Waals surface area (Å²) >= 11 is 0. The van der Waals surface area contributed by atoms with Gasteiger partial charge in [0.25, 0.3) is 5.91 Å². The van der Waals surface area contributed by atoms with Gasteiger partial charge in [0.15, 0.2) is 0 Å². The number of nitrogens with one attached hydrogen (secondary N) is 2. The molecule has 0 spiro atoms. The second-order valence-electron chi connectivity index (χ2n) is 12.9. The van der Waals surface area contributed by atoms with Crippen molar-refractivity contribution in [2.24, 2.45) is 5.41 Å². The fourth-order valence-electron chi connectivity index (χ4n) is 5.73. The second kappa shape index (κ2) is 15.5. The Hall–Kier alpha value is -5.03. The summed E-state index contributed by atoms with van der Waals surface area (Å²) in [6.07, 6.45) is 1.41. The summed E-state index contributed by atoms with van der Waals surface area (Å²) in [5.74, 6) is -0.918. The summed E-state index contributed by atoms with van der Waals surface area (Å²) < 4.78 is 4.95. The number of pyridine rings is 1. The molecule has 11 nitrogen and oxygen atoms in total. The Labute approximate surface area is 275 Å². The normalized spacial score (nSPS) is 14.0. The third kappa shape index (κ3) is 9.49. The van der Waals surface area contributed by atoms with Crippen LogP contribution in [0.2, 0.25) is 0 Å². The second-order valence-corrected chi connectivity index (χ2v) is 12.9. The average molecular weight is 642 g/mol. The SMILES string of the molecule is Cc1nocc1C(=O)N[C@@H](Cc1ccccc1)[C@@H](O)C[C@H](Cc1ccc(-c2ccccn2)cc1)NC(=O)[C@@H](N(C)C(=O)O)C(C)(C)C. The summed E-state index contributed by atoms with van der Waals surface area (Å²) in [6, 6.07) is 20.6. The molecule has 4 aromatic rings. The molecular formula is C36H43N5O6. The summed E-state index contributed by atoms with van der Waals surface area (Å²) in [5, 5.41) is 31.2. The Bertz CT molecular complexity index is 1620. The Morgan fingerprint density at radius 2 is 1.57 bits per heavy atom. The van der Waals surface area contributed by atoms with Gasteiger partial charge in [0.2, 0.25) is 5.91 Å². The van der Waals surface area contributed by atoms with E-state index in [0.29, 0.717) is 18.5 Å². The predicted octanol–water partition coefficient (Wildman–Crippen LogP) is 4.89. The van der Waals surface area contributed by atoms with Gasteiger partial charge in [0, 0.05) is 24.8 Å². The van der Waals surface area contributed by atoms with Crippen molar-refractivity contribution in [3.8, 4) is 11.3 Å². The van der Waals surface area contributed by atoms with Crippen molar-refractivity contribution in [3.63, 3.8) is 0 Å². The number of likely N-dealkylation sites (N-methyl/N-ethyl adjacent to an activating group) is 1. The van der Waals surface area contributed by atoms with Crippen LogP contribution in [0.5, 0.6) is 0 Å². The molecule has 2 aromatic heterocycles. The van der Waals surface area contributed by atoms with Gasteiger partial charge >= 0.3 is 6.09 Å². The van der Waals surface area contributed by atoms with Crippen molar-refractivity contribution in [1.29, 1.82) is 0 Å². The van der Waals surface area contributed by atoms with Crippen LogP contribution in [0.1, 0.15) is 54.4 Å². The number of aliphatic hydroxyl groups is 1. The molecule has 47 heavy (non-hydrogen) atoms. The highest BCUT2D eigenvalue weighted by Crippen LogP contribution is 2.25. The zero-order valence-electron chi connectivity index (χ0n) is 27.4. The average Bonchev–Trinajstić information content (AvgIpc) is 3.47. The first kappa shape index (κ1) is 34.8. The maximum atomic E-state index is 13.8. The maximum absolute atomic E-state index is 13.8. The van der Waals surface area contributed by atoms with Crippen LogP contribution in [-0.2, 0) is 17.6 Å². The van der Waals surface area contributed by atoms with Gasteiger partial charge in [0.05, 0.1) is 23.5 Å². The number of benzene rings is 2. The van der Waals surface area contributed by atoms with Gasteiger partial charge < -0.3 is 25.4 Å². The van der Waals surface area contributed by atoms with E-state index < -0.39 is 47.6 Å². The van der Waals surface area contributed by atoms with E-state index in [1.165, 1.54) is 13.3 Å². The fraction of sp³-hybridized carbons (Fsp3) is 0.361. The third-order valence-electron chi connectivity index (χ3n) is 8.10. The summed E-state index contributed by atoms with van der Waals surface area (Å²) in [5.41, 5.74) is 3.52. The molecule has 2 heterocycles. The Balaban J connectivity index is 1.62. The van der Waals surface area contributed by atoms with Crippen molar-refractivity contribution in [2.45, 2.75) is 71.2 Å². The molecule has 0 aliphatic heterocycles. The molecule has 4 rings (SSSR count). The maximum Gasteiger partial charge on any atom is 0.407 e. The van der Waals surface area contributed by atoms with Crippen molar-refractivity contribution < 1.29 is 29.1 Å². The minimum absolute atomic E-state index is 0.0712. The smallest absolute Gasteiger partial charge is 0.407 e. The molecule has 0 bridgehead atoms. The first-order valence-electron chi connectivity index (χ1n) is 15.5. The van der Waals surface area contributed by atoms with Gasteiger partial charge in [-0.3, -0.25) is 19.5 Å². The molecule has 0 radical (unpaired) electrons. The lowest BCUT2D eigenvalue weighted by Gasteiger charge is -2.37. The Kier molecular flexibility index (Phi) is 11.5. The van der Waals surface area contributed by atoms with Crippen molar-refractivity contribution in [3.05, 3.63) is 108 Å². The summed E-state index contributed by atoms with van der Waals surface area (Å²) in [4.78, 5) is 44.4. The van der Waals surface area contributed by atoms with Crippen LogP contribution in [0, 0.1) is 12.3 Å². The van der Waals surface area contributed by atoms with Crippen molar-refractivity contribution >= 4 is 17.9 Å². The lowest BCUT2D eigenvalue weighted by atomic mass is 9.84. The molecule has 0 aliphatic carbocycles. The first-order valence-corrected chi connectivity index (χ1v) is 15.5. The number of rotatable bonds is 13. The van der Waals surface area contributed by atoms with E-state index >= 15 is 0 Å². The van der Waals surface area contributed by atoms with E-state index in [-0.39, 0.29) is 12.0 Å². The van der Waals surface area contributed by atoms with E-state index in [2.05, 4.69) is 20.8 Å². The monoisotopic (exact) mass is 641 g/mol. The number of carbonyl (C=O) groups is 3. The van der Waals surface area contributed by atoms with Crippen LogP contribution < -0.4 is 10.6 Å². The van der Waals surface area contributed by atoms with E-state index in [1.807, 2.05) is 72.8 Å². The Morgan fingerprint density at radius 1 is 0.915 bits per heavy atom. The van der Waals surface area contributed by atoms with Gasteiger partial charge in [0.1, 0.15) is 17.9 Å². The summed E-state index contributed by atoms with van der Waals surface area (Å²) in [7, 11) is 1.37. The van der Waals surface area contributed by atoms with Gasteiger partial charge in [-0.1, -0.05) is 86.6 Å². The number of carboxylic acid groups (broad SMARTS) is 1. The highest BCUT2D eigenvalue weighted by Gasteiger charge is 2.38. The standard InChI is InChI=1S/C36H43N5O6/c1-23-28(22-47-40-23)33(43)39-30(20-24-11-7-6-8-12-24)31(42)21-27(38-34(44)32(36(2,3)4)41(5)35(45)46)19-25-14-16-26(17-15-25)29-13-9-10-18-37-29/h6-18,22,27,30-32,42H,19-21H2,1-5H3,(H,38,44)(H,39,43)(H,45,46)/t27-,30-,31-,32+/m0/s1. The van der Waals surface area contributed by atoms with Crippen LogP contribution in [0.15, 0.2) is 89.8 Å². The fourth-order valence-corrected chi connectivity index (χ4v) is 5.73. The summed E-state index contributed by atoms with van der Waals surface area (Å²) in [6.45, 7) is 7.06. The van der Waals surface area contributed by atoms with Crippen molar-refractivity contribution in [2.75, 3.05) is 7.05 Å². The molecule has 11 heteroatoms. The molecule has 3 amide bonds. The van der Waals surface area contributed by atoms with Gasteiger partial charge in [-0.15, -0.1) is 0 Å². The van der Waals surface area contributed by atoms with Crippen LogP contribution in [0.3, 0.4) is 0 Å². The lowest BCUT2D eigenvalue weighted by molar-refractivity contribution is -0.129. The Morgan fingerprint density at radius 3 is 2.15 bits per heavy atom. The molecule has 0 saturated heterocycles. The first-order chi connectivity index (χ1) is 22.3. The molecule has 248 valence electrons. The minimum atomic E-state index is -1.23. The van der Waals surface area contributed by atoms with Crippen LogP contribution in [0.25, 0.3) is 11.3 Å². The topological polar surface area (TPSA) is 158 Å². The molecule has 4 atom stereocenters. The van der Waals surface area contributed by atoms with Crippen LogP contribution >= 0.6 is 0 Å². The number of aromatic nitrogens is 2. The highest BCUT2D eigenvalue weighted by molar-refractivity contribution is 5.95. The van der Waals surface area contributed by atoms with E-state index in [0.717, 1.165) is 27.3 Å². The number of amides is 3. The van der Waals surface area contributed by atoms with E-state index in [9.17, 15) is 24.6 Å². The molecular weight excluding hydrogens is 598 g/mol. The van der Waals surface area contributed by atoms with Crippen molar-refractivity contribution in [1.82, 2.24) is 25.7 Å². The number of hydrogen-bond donors (Lipinski definition) is 4. The minimum Gasteiger partial charge on any atom is -0.465 e. The number of aliphatic hydroxyl groups excluding tert-OH is 1. The van der Waals surface area contributed by atoms with E-state index in [4.69, 9.17) is 4.52 Å². The molecule has 0 unspecified atom stereocenters. The number of aryl methyl sites for hydroxylation is 1. The molecule has 4 N–H and O–H groups in total. The third-order valence-corrected chi connectivity index (χ3v) is 8.10. The molecule has 0 fully saturated rings. The van der Waals surface area contributed by atoms with E-state index in [1.54, 1.807) is 33.9 Å². The van der Waals surface area contributed by atoms with Gasteiger partial charge in [-0.2, -0.15) is 0 Å². The van der Waals surface area contributed by atoms with Gasteiger partial charge in [-0.25, -0.2) is 4.79 Å².